The maximum Gasteiger partial charge on any atom is 0.208 e. The van der Waals surface area contributed by atoms with Crippen LogP contribution in [0.3, 0.4) is 0 Å². The van der Waals surface area contributed by atoms with Gasteiger partial charge in [-0.2, -0.15) is 0 Å². The molecular weight excluding hydrogens is 358 g/mol. The summed E-state index contributed by atoms with van der Waals surface area (Å²) in [4.78, 5) is 19.0. The molecule has 1 aromatic carbocycles. The molecular formula is C20H23N5OS. The Balaban J connectivity index is 1.57. The van der Waals surface area contributed by atoms with Crippen LogP contribution in [0.15, 0.2) is 30.5 Å². The second kappa shape index (κ2) is 7.70. The fourth-order valence-electron chi connectivity index (χ4n) is 3.40. The minimum atomic E-state index is 0.168. The molecule has 27 heavy (non-hydrogen) atoms. The zero-order valence-electron chi connectivity index (χ0n) is 15.6. The molecule has 2 aromatic heterocycles. The molecule has 3 aromatic rings. The van der Waals surface area contributed by atoms with E-state index in [0.29, 0.717) is 12.2 Å². The molecule has 0 atom stereocenters. The number of hydrogen-bond donors (Lipinski definition) is 1. The number of fused-ring (bicyclic) bond motifs is 1. The van der Waals surface area contributed by atoms with Crippen molar-refractivity contribution in [2.45, 2.75) is 19.3 Å². The number of anilines is 1. The third-order valence-corrected chi connectivity index (χ3v) is 6.11. The van der Waals surface area contributed by atoms with E-state index in [4.69, 9.17) is 0 Å². The highest BCUT2D eigenvalue weighted by Crippen LogP contribution is 2.30. The summed E-state index contributed by atoms with van der Waals surface area (Å²) in [5.74, 6) is 0.472. The highest BCUT2D eigenvalue weighted by molar-refractivity contribution is 7.18. The van der Waals surface area contributed by atoms with E-state index >= 15 is 0 Å². The van der Waals surface area contributed by atoms with E-state index < -0.39 is 0 Å². The van der Waals surface area contributed by atoms with Crippen molar-refractivity contribution in [1.82, 2.24) is 20.5 Å². The molecule has 1 N–H and O–H groups in total. The number of nitrogens with zero attached hydrogens (tertiary/aromatic N) is 4. The minimum Gasteiger partial charge on any atom is -0.353 e. The summed E-state index contributed by atoms with van der Waals surface area (Å²) in [6.07, 6.45) is 4.13. The second-order valence-corrected chi connectivity index (χ2v) is 8.15. The van der Waals surface area contributed by atoms with Crippen molar-refractivity contribution in [3.05, 3.63) is 36.2 Å². The van der Waals surface area contributed by atoms with Gasteiger partial charge in [-0.3, -0.25) is 9.78 Å². The molecule has 4 rings (SSSR count). The lowest BCUT2D eigenvalue weighted by atomic mass is 9.91. The molecule has 0 bridgehead atoms. The van der Waals surface area contributed by atoms with E-state index in [1.807, 2.05) is 43.4 Å². The van der Waals surface area contributed by atoms with Crippen molar-refractivity contribution < 1.29 is 4.79 Å². The maximum atomic E-state index is 12.6. The van der Waals surface area contributed by atoms with Crippen LogP contribution in [0.1, 0.15) is 18.5 Å². The van der Waals surface area contributed by atoms with E-state index in [2.05, 4.69) is 26.6 Å². The summed E-state index contributed by atoms with van der Waals surface area (Å²) in [5.41, 5.74) is 1.88. The first-order valence-electron chi connectivity index (χ1n) is 9.23. The van der Waals surface area contributed by atoms with Gasteiger partial charge in [-0.15, -0.1) is 10.2 Å². The average Bonchev–Trinajstić information content (AvgIpc) is 3.19. The van der Waals surface area contributed by atoms with Gasteiger partial charge in [-0.1, -0.05) is 23.5 Å². The number of ketones is 1. The second-order valence-electron chi connectivity index (χ2n) is 7.19. The fourth-order valence-corrected chi connectivity index (χ4v) is 4.16. The van der Waals surface area contributed by atoms with Crippen LogP contribution in [0.5, 0.6) is 0 Å². The molecule has 140 valence electrons. The lowest BCUT2D eigenvalue weighted by Crippen LogP contribution is -2.32. The Morgan fingerprint density at radius 3 is 2.74 bits per heavy atom. The normalized spacial score (nSPS) is 15.2. The van der Waals surface area contributed by atoms with Crippen LogP contribution in [-0.2, 0) is 11.2 Å². The van der Waals surface area contributed by atoms with Crippen LogP contribution in [0.2, 0.25) is 0 Å². The Morgan fingerprint density at radius 1 is 1.19 bits per heavy atom. The number of rotatable bonds is 5. The van der Waals surface area contributed by atoms with Crippen LogP contribution in [0.25, 0.3) is 21.3 Å². The Hall–Kier alpha value is -2.38. The van der Waals surface area contributed by atoms with Gasteiger partial charge in [0.1, 0.15) is 10.8 Å². The maximum absolute atomic E-state index is 12.6. The van der Waals surface area contributed by atoms with Crippen molar-refractivity contribution in [3.63, 3.8) is 0 Å². The molecule has 1 aliphatic rings. The van der Waals surface area contributed by atoms with E-state index in [0.717, 1.165) is 58.1 Å². The van der Waals surface area contributed by atoms with E-state index in [9.17, 15) is 4.79 Å². The summed E-state index contributed by atoms with van der Waals surface area (Å²) < 4.78 is 0. The van der Waals surface area contributed by atoms with Gasteiger partial charge in [0.15, 0.2) is 0 Å². The average molecular weight is 382 g/mol. The number of Topliss-reactive ketones (excluding diaryl/α,β-unsaturated/α-hetero) is 1. The quantitative estimate of drug-likeness (QED) is 0.733. The van der Waals surface area contributed by atoms with Gasteiger partial charge >= 0.3 is 0 Å². The van der Waals surface area contributed by atoms with Gasteiger partial charge in [0, 0.05) is 49.3 Å². The molecule has 0 radical (unpaired) electrons. The van der Waals surface area contributed by atoms with E-state index in [-0.39, 0.29) is 5.92 Å². The predicted octanol–water partition coefficient (Wildman–Crippen LogP) is 2.93. The lowest BCUT2D eigenvalue weighted by molar-refractivity contribution is -0.123. The largest absolute Gasteiger partial charge is 0.353 e. The fraction of sp³-hybridized carbons (Fsp3) is 0.400. The lowest BCUT2D eigenvalue weighted by Gasteiger charge is -2.21. The Morgan fingerprint density at radius 2 is 2.00 bits per heavy atom. The van der Waals surface area contributed by atoms with Gasteiger partial charge in [0.05, 0.1) is 0 Å². The van der Waals surface area contributed by atoms with Gasteiger partial charge in [-0.05, 0) is 43.5 Å². The summed E-state index contributed by atoms with van der Waals surface area (Å²) in [6.45, 7) is 1.86. The topological polar surface area (TPSA) is 71.0 Å². The van der Waals surface area contributed by atoms with Crippen molar-refractivity contribution in [2.24, 2.45) is 5.92 Å². The molecule has 6 nitrogen and oxygen atoms in total. The van der Waals surface area contributed by atoms with Gasteiger partial charge < -0.3 is 10.2 Å². The SMILES string of the molecule is CN(C)c1nnc(-c2ccc3cnc(CC(=O)C4CCNCC4)cc3c2)s1. The first-order chi connectivity index (χ1) is 13.1. The first kappa shape index (κ1) is 18.0. The summed E-state index contributed by atoms with van der Waals surface area (Å²) in [5, 5.41) is 15.7. The Labute approximate surface area is 162 Å². The van der Waals surface area contributed by atoms with Crippen LogP contribution >= 0.6 is 11.3 Å². The molecule has 1 aliphatic heterocycles. The standard InChI is InChI=1S/C20H23N5OS/c1-25(2)20-24-23-19(27-20)14-3-4-15-12-22-17(10-16(15)9-14)11-18(26)13-5-7-21-8-6-13/h3-4,9-10,12-13,21H,5-8,11H2,1-2H3. The van der Waals surface area contributed by atoms with Crippen LogP contribution in [-0.4, -0.2) is 48.1 Å². The zero-order valence-corrected chi connectivity index (χ0v) is 16.4. The predicted molar refractivity (Wildman–Crippen MR) is 109 cm³/mol. The summed E-state index contributed by atoms with van der Waals surface area (Å²) in [6, 6.07) is 8.23. The van der Waals surface area contributed by atoms with Crippen LogP contribution in [0, 0.1) is 5.92 Å². The molecule has 3 heterocycles. The van der Waals surface area contributed by atoms with Crippen molar-refractivity contribution in [3.8, 4) is 10.6 Å². The molecule has 7 heteroatoms. The molecule has 1 fully saturated rings. The first-order valence-corrected chi connectivity index (χ1v) is 10.0. The van der Waals surface area contributed by atoms with E-state index in [1.54, 1.807) is 11.3 Å². The number of carbonyl (C=O) groups excluding carboxylic acids is 1. The van der Waals surface area contributed by atoms with Gasteiger partial charge in [-0.25, -0.2) is 0 Å². The van der Waals surface area contributed by atoms with E-state index in [1.165, 1.54) is 0 Å². The van der Waals surface area contributed by atoms with Crippen LogP contribution in [0.4, 0.5) is 5.13 Å². The molecule has 1 saturated heterocycles. The highest BCUT2D eigenvalue weighted by Gasteiger charge is 2.21. The summed E-state index contributed by atoms with van der Waals surface area (Å²) >= 11 is 1.56. The number of aromatic nitrogens is 3. The minimum absolute atomic E-state index is 0.168. The smallest absolute Gasteiger partial charge is 0.208 e. The van der Waals surface area contributed by atoms with Gasteiger partial charge in [0.25, 0.3) is 0 Å². The van der Waals surface area contributed by atoms with Crippen molar-refractivity contribution >= 4 is 33.0 Å². The van der Waals surface area contributed by atoms with Gasteiger partial charge in [0.2, 0.25) is 5.13 Å². The molecule has 0 aliphatic carbocycles. The number of piperidine rings is 1. The number of hydrogen-bond acceptors (Lipinski definition) is 7. The molecule has 0 amide bonds. The summed E-state index contributed by atoms with van der Waals surface area (Å²) in [7, 11) is 3.92. The highest BCUT2D eigenvalue weighted by atomic mass is 32.1. The third kappa shape index (κ3) is 3.99. The number of carbonyl (C=O) groups is 1. The molecule has 0 spiro atoms. The number of nitrogens with one attached hydrogen (secondary N) is 1. The molecule has 0 saturated carbocycles. The third-order valence-electron chi connectivity index (χ3n) is 4.97. The van der Waals surface area contributed by atoms with Crippen molar-refractivity contribution in [2.75, 3.05) is 32.1 Å². The van der Waals surface area contributed by atoms with Crippen LogP contribution < -0.4 is 10.2 Å². The Bertz CT molecular complexity index is 962. The zero-order chi connectivity index (χ0) is 18.8. The monoisotopic (exact) mass is 381 g/mol. The Kier molecular flexibility index (Phi) is 5.13. The number of pyridine rings is 1. The number of benzene rings is 1. The van der Waals surface area contributed by atoms with Crippen molar-refractivity contribution in [1.29, 1.82) is 0 Å². The molecule has 0 unspecified atom stereocenters.